The summed E-state index contributed by atoms with van der Waals surface area (Å²) < 4.78 is 0. The van der Waals surface area contributed by atoms with Crippen LogP contribution in [0.25, 0.3) is 0 Å². The number of amides is 1. The largest absolute Gasteiger partial charge is 0.505 e. The van der Waals surface area contributed by atoms with E-state index in [1.807, 2.05) is 0 Å². The quantitative estimate of drug-likeness (QED) is 0.364. The summed E-state index contributed by atoms with van der Waals surface area (Å²) in [6, 6.07) is 4.48. The summed E-state index contributed by atoms with van der Waals surface area (Å²) in [5.74, 6) is 1.17. The van der Waals surface area contributed by atoms with Gasteiger partial charge < -0.3 is 25.5 Å². The Bertz CT molecular complexity index is 1170. The summed E-state index contributed by atoms with van der Waals surface area (Å²) in [6.45, 7) is 0. The van der Waals surface area contributed by atoms with E-state index in [0.29, 0.717) is 11.8 Å². The molecule has 2 atom stereocenters. The third-order valence-corrected chi connectivity index (χ3v) is 6.31. The molecule has 3 aliphatic rings. The minimum absolute atomic E-state index is 0.0923. The highest BCUT2D eigenvalue weighted by Crippen LogP contribution is 2.42. The molecule has 1 amide bonds. The molecule has 168 valence electrons. The average molecular weight is 438 g/mol. The zero-order valence-electron chi connectivity index (χ0n) is 18.0. The van der Waals surface area contributed by atoms with Gasteiger partial charge in [-0.15, -0.1) is 5.48 Å². The lowest BCUT2D eigenvalue weighted by Gasteiger charge is -2.26. The summed E-state index contributed by atoms with van der Waals surface area (Å²) in [5.41, 5.74) is 2.39. The number of phenolic OH excluding ortho intramolecular Hbond substituents is 1. The number of nitrogens with zero attached hydrogens (tertiary/aromatic N) is 1. The van der Waals surface area contributed by atoms with Crippen LogP contribution in [0.1, 0.15) is 36.0 Å². The van der Waals surface area contributed by atoms with Crippen LogP contribution < -0.4 is 27.0 Å². The van der Waals surface area contributed by atoms with Gasteiger partial charge in [-0.25, -0.2) is 0 Å². The minimum atomic E-state index is -0.657. The van der Waals surface area contributed by atoms with E-state index in [1.165, 1.54) is 11.0 Å². The Labute approximate surface area is 184 Å². The number of anilines is 3. The van der Waals surface area contributed by atoms with Gasteiger partial charge in [0.05, 0.1) is 23.3 Å². The van der Waals surface area contributed by atoms with Crippen molar-refractivity contribution in [3.63, 3.8) is 0 Å². The number of carbonyl (C=O) groups excluding carboxylic acids is 1. The molecule has 2 aromatic carbocycles. The summed E-state index contributed by atoms with van der Waals surface area (Å²) in [4.78, 5) is 44.0. The second-order valence-electron chi connectivity index (χ2n) is 9.03. The minimum Gasteiger partial charge on any atom is -0.505 e. The molecule has 1 aliphatic heterocycles. The molecular formula is C23H26N4O5. The van der Waals surface area contributed by atoms with Crippen LogP contribution in [0, 0.1) is 11.8 Å². The first-order valence-electron chi connectivity index (χ1n) is 10.9. The molecular weight excluding hydrogens is 412 g/mol. The van der Waals surface area contributed by atoms with Crippen LogP contribution in [0.5, 0.6) is 5.75 Å². The van der Waals surface area contributed by atoms with Crippen molar-refractivity contribution in [1.29, 1.82) is 0 Å². The van der Waals surface area contributed by atoms with Gasteiger partial charge in [-0.1, -0.05) is 6.07 Å². The number of rotatable bonds is 8. The number of allylic oxidation sites excluding steroid dienone is 1. The number of hydroxylamine groups is 1. The predicted octanol–water partition coefficient (Wildman–Crippen LogP) is 1.82. The number of benzene rings is 1. The van der Waals surface area contributed by atoms with Gasteiger partial charge >= 0.3 is 0 Å². The van der Waals surface area contributed by atoms with Gasteiger partial charge in [0.25, 0.3) is 16.8 Å². The average Bonchev–Trinajstić information content (AvgIpc) is 3.72. The van der Waals surface area contributed by atoms with Gasteiger partial charge in [0.1, 0.15) is 17.1 Å². The van der Waals surface area contributed by atoms with Crippen LogP contribution >= 0.6 is 0 Å². The topological polar surface area (TPSA) is 120 Å². The second-order valence-corrected chi connectivity index (χ2v) is 9.03. The number of phenols is 1. The molecule has 32 heavy (non-hydrogen) atoms. The van der Waals surface area contributed by atoms with Crippen LogP contribution in [0.15, 0.2) is 39.6 Å². The van der Waals surface area contributed by atoms with Crippen LogP contribution in [0.4, 0.5) is 17.1 Å². The fourth-order valence-electron chi connectivity index (χ4n) is 4.11. The lowest BCUT2D eigenvalue weighted by molar-refractivity contribution is 0.0824. The molecule has 5 rings (SSSR count). The zero-order chi connectivity index (χ0) is 22.6. The van der Waals surface area contributed by atoms with Gasteiger partial charge in [0.15, 0.2) is 5.75 Å². The highest BCUT2D eigenvalue weighted by atomic mass is 16.7. The second kappa shape index (κ2) is 7.67. The standard InChI is InChI=1S/C23H26N4O5/c1-27(2)23(31)13-4-3-5-14(20(13)28)24-18-19(22(30)21(18)29)25-17(12-8-9-12)15-10-16(32-26-15)11-6-7-11/h3-5,10-12,15,17,24-26,28H,6-9H2,1-2H3. The highest BCUT2D eigenvalue weighted by Gasteiger charge is 2.42. The maximum absolute atomic E-state index is 12.4. The van der Waals surface area contributed by atoms with Crippen molar-refractivity contribution < 1.29 is 14.7 Å². The van der Waals surface area contributed by atoms with Gasteiger partial charge in [-0.3, -0.25) is 14.4 Å². The van der Waals surface area contributed by atoms with Gasteiger partial charge in [-0.05, 0) is 49.8 Å². The molecule has 9 nitrogen and oxygen atoms in total. The highest BCUT2D eigenvalue weighted by molar-refractivity contribution is 5.99. The first-order chi connectivity index (χ1) is 15.3. The summed E-state index contributed by atoms with van der Waals surface area (Å²) in [6.07, 6.45) is 6.42. The van der Waals surface area contributed by atoms with E-state index in [1.54, 1.807) is 26.2 Å². The van der Waals surface area contributed by atoms with Crippen LogP contribution in [-0.2, 0) is 4.84 Å². The number of carbonyl (C=O) groups is 1. The van der Waals surface area contributed by atoms with E-state index in [-0.39, 0.29) is 46.4 Å². The molecule has 0 saturated heterocycles. The molecule has 0 aromatic heterocycles. The first-order valence-corrected chi connectivity index (χ1v) is 10.9. The Hall–Kier alpha value is -3.33. The molecule has 2 aromatic rings. The molecule has 9 heteroatoms. The van der Waals surface area contributed by atoms with E-state index in [2.05, 4.69) is 22.2 Å². The fourth-order valence-corrected chi connectivity index (χ4v) is 4.11. The number of hydrogen-bond donors (Lipinski definition) is 4. The molecule has 0 radical (unpaired) electrons. The van der Waals surface area contributed by atoms with E-state index in [9.17, 15) is 19.5 Å². The van der Waals surface area contributed by atoms with E-state index >= 15 is 0 Å². The maximum atomic E-state index is 12.4. The Morgan fingerprint density at radius 2 is 1.88 bits per heavy atom. The molecule has 2 aliphatic carbocycles. The first kappa shape index (κ1) is 20.6. The third-order valence-electron chi connectivity index (χ3n) is 6.31. The third kappa shape index (κ3) is 3.62. The Kier molecular flexibility index (Phi) is 4.93. The lowest BCUT2D eigenvalue weighted by Crippen LogP contribution is -2.46. The zero-order valence-corrected chi connectivity index (χ0v) is 18.0. The Balaban J connectivity index is 1.39. The lowest BCUT2D eigenvalue weighted by atomic mass is 10.0. The number of nitrogens with one attached hydrogen (secondary N) is 3. The molecule has 0 spiro atoms. The summed E-state index contributed by atoms with van der Waals surface area (Å²) in [7, 11) is 3.17. The van der Waals surface area contributed by atoms with Gasteiger partial charge in [-0.2, -0.15) is 0 Å². The fraction of sp³-hybridized carbons (Fsp3) is 0.435. The van der Waals surface area contributed by atoms with Crippen molar-refractivity contribution in [2.45, 2.75) is 37.8 Å². The molecule has 4 N–H and O–H groups in total. The molecule has 1 heterocycles. The number of para-hydroxylation sites is 1. The van der Waals surface area contributed by atoms with Gasteiger partial charge in [0.2, 0.25) is 0 Å². The van der Waals surface area contributed by atoms with E-state index in [0.717, 1.165) is 31.4 Å². The SMILES string of the molecule is CN(C)C(=O)c1cccc(Nc2c(NC(C3CC3)C3C=C(C4CC4)ON3)c(=O)c2=O)c1O. The van der Waals surface area contributed by atoms with Crippen molar-refractivity contribution >= 4 is 23.0 Å². The van der Waals surface area contributed by atoms with Crippen molar-refractivity contribution in [2.75, 3.05) is 24.7 Å². The molecule has 2 fully saturated rings. The number of hydrogen-bond acceptors (Lipinski definition) is 8. The predicted molar refractivity (Wildman–Crippen MR) is 120 cm³/mol. The molecule has 0 bridgehead atoms. The van der Waals surface area contributed by atoms with Crippen molar-refractivity contribution in [3.8, 4) is 5.75 Å². The molecule has 2 unspecified atom stereocenters. The van der Waals surface area contributed by atoms with Crippen molar-refractivity contribution in [3.05, 3.63) is 56.0 Å². The van der Waals surface area contributed by atoms with Crippen molar-refractivity contribution in [2.24, 2.45) is 11.8 Å². The van der Waals surface area contributed by atoms with Gasteiger partial charge in [0, 0.05) is 20.0 Å². The van der Waals surface area contributed by atoms with E-state index < -0.39 is 10.9 Å². The normalized spacial score (nSPS) is 21.1. The van der Waals surface area contributed by atoms with Crippen LogP contribution in [-0.4, -0.2) is 42.1 Å². The molecule has 2 saturated carbocycles. The van der Waals surface area contributed by atoms with Crippen LogP contribution in [0.3, 0.4) is 0 Å². The monoisotopic (exact) mass is 438 g/mol. The maximum Gasteiger partial charge on any atom is 0.257 e. The van der Waals surface area contributed by atoms with E-state index in [4.69, 9.17) is 4.84 Å². The smallest absolute Gasteiger partial charge is 0.257 e. The Morgan fingerprint density at radius 3 is 2.53 bits per heavy atom. The summed E-state index contributed by atoms with van der Waals surface area (Å²) in [5, 5.41) is 16.7. The Morgan fingerprint density at radius 1 is 1.16 bits per heavy atom. The van der Waals surface area contributed by atoms with Crippen molar-refractivity contribution in [1.82, 2.24) is 10.4 Å². The number of aromatic hydroxyl groups is 1. The van der Waals surface area contributed by atoms with Crippen LogP contribution in [0.2, 0.25) is 0 Å². The summed E-state index contributed by atoms with van der Waals surface area (Å²) >= 11 is 0.